The summed E-state index contributed by atoms with van der Waals surface area (Å²) in [6.45, 7) is 10.3. The first-order valence-corrected chi connectivity index (χ1v) is 12.8. The van der Waals surface area contributed by atoms with E-state index in [1.54, 1.807) is 41.5 Å². The normalized spacial score (nSPS) is 15.7. The summed E-state index contributed by atoms with van der Waals surface area (Å²) in [6, 6.07) is 0. The molecule has 2 unspecified atom stereocenters. The largest absolute Gasteiger partial charge is 0.779 e. The van der Waals surface area contributed by atoms with E-state index in [1.165, 1.54) is 0 Å². The van der Waals surface area contributed by atoms with Gasteiger partial charge in [0, 0.05) is 12.3 Å². The van der Waals surface area contributed by atoms with E-state index in [9.17, 15) is 28.4 Å². The van der Waals surface area contributed by atoms with Crippen molar-refractivity contribution in [3.63, 3.8) is 0 Å². The molecule has 0 spiro atoms. The lowest BCUT2D eigenvalue weighted by atomic mass is 10.9. The number of hydrogen-bond donors (Lipinski definition) is 0. The second kappa shape index (κ2) is 16.6. The Morgan fingerprint density at radius 1 is 0.560 bits per heavy atom. The summed E-state index contributed by atoms with van der Waals surface area (Å²) in [5.41, 5.74) is 0. The first kappa shape index (κ1) is 30.1. The van der Waals surface area contributed by atoms with E-state index < -0.39 is 23.0 Å². The quantitative estimate of drug-likeness (QED) is 0.470. The van der Waals surface area contributed by atoms with E-state index in [0.29, 0.717) is 0 Å². The highest BCUT2D eigenvalue weighted by molar-refractivity contribution is 7.51. The molecule has 0 rings (SSSR count). The summed E-state index contributed by atoms with van der Waals surface area (Å²) < 4.78 is 48.5. The summed E-state index contributed by atoms with van der Waals surface area (Å²) in [5.74, 6) is 0. The highest BCUT2D eigenvalue weighted by atomic mass is 31.2. The van der Waals surface area contributed by atoms with Crippen LogP contribution in [0.4, 0.5) is 0 Å². The molecular weight excluding hydrogens is 397 g/mol. The molecule has 0 aromatic heterocycles. The minimum atomic E-state index is -3.94. The number of phosphoric acid groups is 1. The van der Waals surface area contributed by atoms with Crippen LogP contribution in [0.1, 0.15) is 41.5 Å². The summed E-state index contributed by atoms with van der Waals surface area (Å²) >= 11 is 0. The van der Waals surface area contributed by atoms with E-state index in [0.717, 1.165) is 0 Å². The SMILES string of the molecule is CCOP(=O)([O-])CC.CCOP(=O)([O-])CC.CCOP(=O)([O-])OCC. The molecule has 2 atom stereocenters. The molecule has 0 N–H and O–H groups in total. The van der Waals surface area contributed by atoms with Crippen LogP contribution >= 0.6 is 23.0 Å². The maximum Gasteiger partial charge on any atom is 0.267 e. The Labute approximate surface area is 150 Å². The molecule has 156 valence electrons. The molecular formula is C12H30O10P3-3. The zero-order valence-electron chi connectivity index (χ0n) is 15.7. The maximum atomic E-state index is 10.4. The molecule has 0 heterocycles. The topological polar surface area (TPSA) is 157 Å². The molecule has 0 amide bonds. The molecule has 0 aliphatic heterocycles. The van der Waals surface area contributed by atoms with Gasteiger partial charge in [0.2, 0.25) is 0 Å². The van der Waals surface area contributed by atoms with Gasteiger partial charge in [0.15, 0.2) is 0 Å². The van der Waals surface area contributed by atoms with Crippen molar-refractivity contribution in [3.05, 3.63) is 0 Å². The number of rotatable bonds is 10. The van der Waals surface area contributed by atoms with E-state index in [4.69, 9.17) is 0 Å². The number of phosphoric ester groups is 1. The van der Waals surface area contributed by atoms with Crippen molar-refractivity contribution in [1.29, 1.82) is 0 Å². The third kappa shape index (κ3) is 24.4. The van der Waals surface area contributed by atoms with Crippen molar-refractivity contribution >= 4 is 23.0 Å². The Balaban J connectivity index is -0.000000291. The summed E-state index contributed by atoms with van der Waals surface area (Å²) in [6.07, 6.45) is 0.168. The Hall–Kier alpha value is 0.410. The van der Waals surface area contributed by atoms with E-state index >= 15 is 0 Å². The van der Waals surface area contributed by atoms with Crippen LogP contribution in [-0.4, -0.2) is 38.8 Å². The molecule has 0 bridgehead atoms. The zero-order valence-corrected chi connectivity index (χ0v) is 18.4. The van der Waals surface area contributed by atoms with Crippen molar-refractivity contribution in [2.45, 2.75) is 41.5 Å². The fourth-order valence-corrected chi connectivity index (χ4v) is 2.79. The van der Waals surface area contributed by atoms with Gasteiger partial charge < -0.3 is 41.9 Å². The van der Waals surface area contributed by atoms with Crippen LogP contribution in [0.5, 0.6) is 0 Å². The van der Waals surface area contributed by atoms with Crippen LogP contribution in [0.25, 0.3) is 0 Å². The predicted octanol–water partition coefficient (Wildman–Crippen LogP) is 1.72. The van der Waals surface area contributed by atoms with Crippen molar-refractivity contribution in [2.75, 3.05) is 38.8 Å². The van der Waals surface area contributed by atoms with Crippen molar-refractivity contribution in [1.82, 2.24) is 0 Å². The summed E-state index contributed by atoms with van der Waals surface area (Å²) in [4.78, 5) is 31.2. The van der Waals surface area contributed by atoms with Crippen LogP contribution in [0.2, 0.25) is 0 Å². The average molecular weight is 427 g/mol. The van der Waals surface area contributed by atoms with Crippen molar-refractivity contribution in [2.24, 2.45) is 0 Å². The molecule has 13 heteroatoms. The van der Waals surface area contributed by atoms with Gasteiger partial charge in [-0.05, 0) is 27.7 Å². The maximum absolute atomic E-state index is 10.4. The first-order valence-electron chi connectivity index (χ1n) is 7.86. The fraction of sp³-hybridized carbons (Fsp3) is 1.00. The molecule has 0 fully saturated rings. The van der Waals surface area contributed by atoms with Gasteiger partial charge in [-0.25, -0.2) is 0 Å². The highest BCUT2D eigenvalue weighted by Gasteiger charge is 2.04. The standard InChI is InChI=1S/C4H11O4P.2C4H11O3P/c1-3-7-9(5,6)8-4-2;2*1-3-7-8(5,6)4-2/h3-4H2,1-2H3,(H,5,6);2*3-4H2,1-2H3,(H,5,6)/p-3. The molecule has 0 saturated carbocycles. The van der Waals surface area contributed by atoms with E-state index in [2.05, 4.69) is 18.1 Å². The molecule has 0 aromatic carbocycles. The lowest BCUT2D eigenvalue weighted by molar-refractivity contribution is -0.224. The van der Waals surface area contributed by atoms with Gasteiger partial charge in [-0.2, -0.15) is 0 Å². The molecule has 0 saturated heterocycles. The van der Waals surface area contributed by atoms with Crippen molar-refractivity contribution < 1.29 is 46.5 Å². The van der Waals surface area contributed by atoms with Gasteiger partial charge in [0.05, 0.1) is 26.4 Å². The minimum Gasteiger partial charge on any atom is -0.779 e. The monoisotopic (exact) mass is 427 g/mol. The van der Waals surface area contributed by atoms with Gasteiger partial charge in [-0.15, -0.1) is 0 Å². The Morgan fingerprint density at radius 2 is 0.800 bits per heavy atom. The third-order valence-corrected chi connectivity index (χ3v) is 6.00. The Bertz CT molecular complexity index is 407. The molecule has 0 aliphatic carbocycles. The zero-order chi connectivity index (χ0) is 20.6. The van der Waals surface area contributed by atoms with Gasteiger partial charge >= 0.3 is 0 Å². The van der Waals surface area contributed by atoms with Crippen molar-refractivity contribution in [3.8, 4) is 0 Å². The van der Waals surface area contributed by atoms with Gasteiger partial charge in [-0.1, -0.05) is 13.8 Å². The molecule has 0 aliphatic rings. The fourth-order valence-electron chi connectivity index (χ4n) is 0.929. The second-order valence-corrected chi connectivity index (χ2v) is 9.61. The lowest BCUT2D eigenvalue weighted by Crippen LogP contribution is -2.07. The lowest BCUT2D eigenvalue weighted by Gasteiger charge is -2.20. The summed E-state index contributed by atoms with van der Waals surface area (Å²) in [7, 11) is -10.8. The molecule has 25 heavy (non-hydrogen) atoms. The van der Waals surface area contributed by atoms with Gasteiger partial charge in [0.25, 0.3) is 7.82 Å². The van der Waals surface area contributed by atoms with E-state index in [1.807, 2.05) is 0 Å². The van der Waals surface area contributed by atoms with Crippen LogP contribution in [0.15, 0.2) is 0 Å². The van der Waals surface area contributed by atoms with E-state index in [-0.39, 0.29) is 38.8 Å². The van der Waals surface area contributed by atoms with Crippen LogP contribution < -0.4 is 14.7 Å². The van der Waals surface area contributed by atoms with Crippen LogP contribution in [-0.2, 0) is 31.8 Å². The number of hydrogen-bond acceptors (Lipinski definition) is 10. The molecule has 10 nitrogen and oxygen atoms in total. The predicted molar refractivity (Wildman–Crippen MR) is 90.4 cm³/mol. The third-order valence-electron chi connectivity index (χ3n) is 2.00. The van der Waals surface area contributed by atoms with Gasteiger partial charge in [0.1, 0.15) is 15.2 Å². The van der Waals surface area contributed by atoms with Crippen LogP contribution in [0, 0.1) is 0 Å². The summed E-state index contributed by atoms with van der Waals surface area (Å²) in [5, 5.41) is 0. The second-order valence-electron chi connectivity index (χ2n) is 3.97. The Morgan fingerprint density at radius 3 is 0.920 bits per heavy atom. The van der Waals surface area contributed by atoms with Crippen LogP contribution in [0.3, 0.4) is 0 Å². The first-order chi connectivity index (χ1) is 11.4. The average Bonchev–Trinajstić information content (AvgIpc) is 2.48. The Kier molecular flexibility index (Phi) is 20.0. The molecule has 0 radical (unpaired) electrons. The smallest absolute Gasteiger partial charge is 0.267 e. The minimum absolute atomic E-state index is 0.0842. The highest BCUT2D eigenvalue weighted by Crippen LogP contribution is 2.37. The van der Waals surface area contributed by atoms with Gasteiger partial charge in [-0.3, -0.25) is 4.57 Å². The molecule has 0 aromatic rings.